The molecule has 0 radical (unpaired) electrons. The molecular weight excluding hydrogens is 118 g/mol. The molecule has 1 aliphatic rings. The Bertz CT molecular complexity index is 164. The number of aliphatic imine (C=N–C) groups is 1. The van der Waals surface area contributed by atoms with Crippen molar-refractivity contribution in [2.24, 2.45) is 4.99 Å². The Labute approximate surface area is 53.3 Å². The van der Waals surface area contributed by atoms with Crippen LogP contribution in [0.5, 0.6) is 0 Å². The van der Waals surface area contributed by atoms with Crippen LogP contribution in [-0.2, 0) is 4.79 Å². The van der Waals surface area contributed by atoms with Crippen LogP contribution in [0.25, 0.3) is 0 Å². The summed E-state index contributed by atoms with van der Waals surface area (Å²) in [6.07, 6.45) is 0. The molecule has 1 heterocycles. The van der Waals surface area contributed by atoms with Gasteiger partial charge < -0.3 is 5.32 Å². The molecular formula is C5H9N3O. The normalized spacial score (nSPS) is 30.2. The minimum absolute atomic E-state index is 0.0180. The quantitative estimate of drug-likeness (QED) is 0.442. The number of rotatable bonds is 0. The standard InChI is InChI=1S/C5H9N3O/c1-3-4(9)8-5(6-2)7-3/h3H,1-2H3,(H2,6,7,8,9). The van der Waals surface area contributed by atoms with Crippen LogP contribution in [0.3, 0.4) is 0 Å². The summed E-state index contributed by atoms with van der Waals surface area (Å²) in [6.45, 7) is 1.79. The highest BCUT2D eigenvalue weighted by Gasteiger charge is 2.22. The maximum Gasteiger partial charge on any atom is 0.248 e. The zero-order valence-corrected chi connectivity index (χ0v) is 5.43. The number of amides is 1. The first kappa shape index (κ1) is 6.07. The minimum atomic E-state index is -0.135. The Kier molecular flexibility index (Phi) is 1.38. The van der Waals surface area contributed by atoms with Crippen molar-refractivity contribution in [2.45, 2.75) is 13.0 Å². The van der Waals surface area contributed by atoms with E-state index < -0.39 is 0 Å². The second-order valence-electron chi connectivity index (χ2n) is 1.93. The lowest BCUT2D eigenvalue weighted by molar-refractivity contribution is -0.119. The summed E-state index contributed by atoms with van der Waals surface area (Å²) in [5.41, 5.74) is 0. The lowest BCUT2D eigenvalue weighted by Crippen LogP contribution is -2.25. The van der Waals surface area contributed by atoms with Crippen molar-refractivity contribution in [3.63, 3.8) is 0 Å². The topological polar surface area (TPSA) is 53.5 Å². The van der Waals surface area contributed by atoms with Crippen LogP contribution < -0.4 is 10.6 Å². The molecule has 1 unspecified atom stereocenters. The number of carbonyl (C=O) groups is 1. The highest BCUT2D eigenvalue weighted by Crippen LogP contribution is 1.88. The molecule has 1 atom stereocenters. The molecule has 1 saturated heterocycles. The minimum Gasteiger partial charge on any atom is -0.345 e. The Morgan fingerprint density at radius 3 is 2.56 bits per heavy atom. The van der Waals surface area contributed by atoms with Crippen LogP contribution in [0.15, 0.2) is 4.99 Å². The van der Waals surface area contributed by atoms with Crippen molar-refractivity contribution in [1.29, 1.82) is 0 Å². The Hall–Kier alpha value is -1.06. The van der Waals surface area contributed by atoms with Crippen molar-refractivity contribution < 1.29 is 4.79 Å². The second-order valence-corrected chi connectivity index (χ2v) is 1.93. The van der Waals surface area contributed by atoms with E-state index in [1.807, 2.05) is 0 Å². The molecule has 0 aliphatic carbocycles. The maximum atomic E-state index is 10.7. The molecule has 9 heavy (non-hydrogen) atoms. The van der Waals surface area contributed by atoms with Crippen LogP contribution in [-0.4, -0.2) is 25.0 Å². The van der Waals surface area contributed by atoms with E-state index in [0.29, 0.717) is 5.96 Å². The molecule has 4 nitrogen and oxygen atoms in total. The number of guanidine groups is 1. The van der Waals surface area contributed by atoms with E-state index in [9.17, 15) is 4.79 Å². The monoisotopic (exact) mass is 127 g/mol. The van der Waals surface area contributed by atoms with Gasteiger partial charge in [-0.1, -0.05) is 0 Å². The smallest absolute Gasteiger partial charge is 0.248 e. The van der Waals surface area contributed by atoms with Gasteiger partial charge in [0.2, 0.25) is 5.91 Å². The van der Waals surface area contributed by atoms with E-state index in [2.05, 4.69) is 15.6 Å². The van der Waals surface area contributed by atoms with Crippen molar-refractivity contribution in [3.8, 4) is 0 Å². The van der Waals surface area contributed by atoms with Gasteiger partial charge in [-0.2, -0.15) is 0 Å². The van der Waals surface area contributed by atoms with Crippen LogP contribution in [0.4, 0.5) is 0 Å². The second kappa shape index (κ2) is 2.05. The molecule has 4 heteroatoms. The van der Waals surface area contributed by atoms with E-state index in [-0.39, 0.29) is 11.9 Å². The molecule has 0 saturated carbocycles. The average molecular weight is 127 g/mol. The predicted molar refractivity (Wildman–Crippen MR) is 34.1 cm³/mol. The van der Waals surface area contributed by atoms with Gasteiger partial charge >= 0.3 is 0 Å². The maximum absolute atomic E-state index is 10.7. The molecule has 1 rings (SSSR count). The summed E-state index contributed by atoms with van der Waals surface area (Å²) in [6, 6.07) is -0.135. The third-order valence-electron chi connectivity index (χ3n) is 1.21. The molecule has 1 aliphatic heterocycles. The summed E-state index contributed by atoms with van der Waals surface area (Å²) < 4.78 is 0. The van der Waals surface area contributed by atoms with E-state index in [0.717, 1.165) is 0 Å². The van der Waals surface area contributed by atoms with E-state index >= 15 is 0 Å². The molecule has 2 N–H and O–H groups in total. The molecule has 1 fully saturated rings. The van der Waals surface area contributed by atoms with Crippen LogP contribution in [0.2, 0.25) is 0 Å². The predicted octanol–water partition coefficient (Wildman–Crippen LogP) is -0.920. The van der Waals surface area contributed by atoms with Gasteiger partial charge in [0.1, 0.15) is 6.04 Å². The summed E-state index contributed by atoms with van der Waals surface area (Å²) >= 11 is 0. The van der Waals surface area contributed by atoms with Gasteiger partial charge in [0.15, 0.2) is 5.96 Å². The van der Waals surface area contributed by atoms with Gasteiger partial charge in [0.25, 0.3) is 0 Å². The molecule has 1 amide bonds. The summed E-state index contributed by atoms with van der Waals surface area (Å²) in [5.74, 6) is 0.545. The van der Waals surface area contributed by atoms with Crippen molar-refractivity contribution in [2.75, 3.05) is 7.05 Å². The highest BCUT2D eigenvalue weighted by atomic mass is 16.2. The van der Waals surface area contributed by atoms with Crippen molar-refractivity contribution in [3.05, 3.63) is 0 Å². The van der Waals surface area contributed by atoms with Gasteiger partial charge in [0, 0.05) is 7.05 Å². The van der Waals surface area contributed by atoms with E-state index in [4.69, 9.17) is 0 Å². The first-order valence-corrected chi connectivity index (χ1v) is 2.78. The van der Waals surface area contributed by atoms with Gasteiger partial charge in [-0.3, -0.25) is 15.1 Å². The molecule has 0 bridgehead atoms. The lowest BCUT2D eigenvalue weighted by atomic mass is 10.4. The van der Waals surface area contributed by atoms with Gasteiger partial charge in [-0.05, 0) is 6.92 Å². The number of carbonyl (C=O) groups excluding carboxylic acids is 1. The molecule has 0 aromatic carbocycles. The van der Waals surface area contributed by atoms with Gasteiger partial charge in [-0.15, -0.1) is 0 Å². The third-order valence-corrected chi connectivity index (χ3v) is 1.21. The third kappa shape index (κ3) is 1.01. The van der Waals surface area contributed by atoms with Gasteiger partial charge in [-0.25, -0.2) is 0 Å². The van der Waals surface area contributed by atoms with E-state index in [1.165, 1.54) is 0 Å². The zero-order chi connectivity index (χ0) is 6.85. The Morgan fingerprint density at radius 2 is 2.33 bits per heavy atom. The largest absolute Gasteiger partial charge is 0.345 e. The Morgan fingerprint density at radius 1 is 1.67 bits per heavy atom. The average Bonchev–Trinajstić information content (AvgIpc) is 2.13. The number of hydrogen-bond acceptors (Lipinski definition) is 2. The zero-order valence-electron chi connectivity index (χ0n) is 5.43. The number of hydrogen-bond donors (Lipinski definition) is 2. The molecule has 0 aromatic rings. The lowest BCUT2D eigenvalue weighted by Gasteiger charge is -1.94. The number of nitrogens with one attached hydrogen (secondary N) is 2. The fourth-order valence-electron chi connectivity index (χ4n) is 0.652. The Balaban J connectivity index is 2.65. The van der Waals surface area contributed by atoms with E-state index in [1.54, 1.807) is 14.0 Å². The molecule has 0 spiro atoms. The van der Waals surface area contributed by atoms with Gasteiger partial charge in [0.05, 0.1) is 0 Å². The van der Waals surface area contributed by atoms with Crippen LogP contribution >= 0.6 is 0 Å². The fraction of sp³-hybridized carbons (Fsp3) is 0.600. The number of nitrogens with zero attached hydrogens (tertiary/aromatic N) is 1. The highest BCUT2D eigenvalue weighted by molar-refractivity contribution is 6.06. The first-order chi connectivity index (χ1) is 4.24. The summed E-state index contributed by atoms with van der Waals surface area (Å²) in [4.78, 5) is 14.5. The fourth-order valence-corrected chi connectivity index (χ4v) is 0.652. The van der Waals surface area contributed by atoms with Crippen molar-refractivity contribution >= 4 is 11.9 Å². The summed E-state index contributed by atoms with van der Waals surface area (Å²) in [5, 5.41) is 5.40. The van der Waals surface area contributed by atoms with Crippen LogP contribution in [0.1, 0.15) is 6.92 Å². The molecule has 50 valence electrons. The first-order valence-electron chi connectivity index (χ1n) is 2.78. The SMILES string of the molecule is CN=C1NC(=O)C(C)N1. The molecule has 0 aromatic heterocycles. The van der Waals surface area contributed by atoms with Crippen molar-refractivity contribution in [1.82, 2.24) is 10.6 Å². The summed E-state index contributed by atoms with van der Waals surface area (Å²) in [7, 11) is 1.63. The van der Waals surface area contributed by atoms with Crippen LogP contribution in [0, 0.1) is 0 Å².